The van der Waals surface area contributed by atoms with E-state index < -0.39 is 0 Å². The lowest BCUT2D eigenvalue weighted by Crippen LogP contribution is -2.38. The topological polar surface area (TPSA) is 44.0 Å². The third-order valence-electron chi connectivity index (χ3n) is 3.43. The van der Waals surface area contributed by atoms with Crippen molar-refractivity contribution in [3.05, 3.63) is 33.1 Å². The molecule has 1 aliphatic carbocycles. The molecular formula is C12H18N2O2. The van der Waals surface area contributed by atoms with Gasteiger partial charge in [-0.1, -0.05) is 25.7 Å². The van der Waals surface area contributed by atoms with Gasteiger partial charge in [0.05, 0.1) is 0 Å². The van der Waals surface area contributed by atoms with E-state index >= 15 is 0 Å². The van der Waals surface area contributed by atoms with E-state index in [1.807, 2.05) is 0 Å². The molecule has 16 heavy (non-hydrogen) atoms. The first-order chi connectivity index (χ1) is 7.70. The van der Waals surface area contributed by atoms with Crippen molar-refractivity contribution >= 4 is 0 Å². The van der Waals surface area contributed by atoms with E-state index in [2.05, 4.69) is 0 Å². The fraction of sp³-hybridized carbons (Fsp3) is 0.667. The average molecular weight is 222 g/mol. The van der Waals surface area contributed by atoms with Crippen molar-refractivity contribution in [2.45, 2.75) is 44.6 Å². The van der Waals surface area contributed by atoms with Crippen molar-refractivity contribution in [2.24, 2.45) is 7.05 Å². The zero-order chi connectivity index (χ0) is 11.5. The summed E-state index contributed by atoms with van der Waals surface area (Å²) >= 11 is 0. The van der Waals surface area contributed by atoms with Gasteiger partial charge < -0.3 is 0 Å². The second kappa shape index (κ2) is 4.68. The molecule has 0 N–H and O–H groups in total. The van der Waals surface area contributed by atoms with Gasteiger partial charge in [0.15, 0.2) is 0 Å². The molecule has 88 valence electrons. The molecule has 0 bridgehead atoms. The summed E-state index contributed by atoms with van der Waals surface area (Å²) in [5.74, 6) is 0. The highest BCUT2D eigenvalue weighted by Crippen LogP contribution is 2.25. The van der Waals surface area contributed by atoms with Crippen molar-refractivity contribution < 1.29 is 0 Å². The van der Waals surface area contributed by atoms with Crippen LogP contribution in [0.15, 0.2) is 21.9 Å². The minimum atomic E-state index is -0.227. The van der Waals surface area contributed by atoms with Gasteiger partial charge in [0, 0.05) is 25.4 Å². The van der Waals surface area contributed by atoms with E-state index in [0.29, 0.717) is 0 Å². The Kier molecular flexibility index (Phi) is 3.27. The molecule has 0 radical (unpaired) electrons. The molecule has 0 aliphatic heterocycles. The van der Waals surface area contributed by atoms with E-state index in [0.717, 1.165) is 12.8 Å². The van der Waals surface area contributed by atoms with Crippen LogP contribution in [0.5, 0.6) is 0 Å². The molecule has 1 aliphatic rings. The van der Waals surface area contributed by atoms with Crippen LogP contribution < -0.4 is 11.2 Å². The van der Waals surface area contributed by atoms with Crippen molar-refractivity contribution in [3.63, 3.8) is 0 Å². The summed E-state index contributed by atoms with van der Waals surface area (Å²) in [7, 11) is 1.54. The number of hydrogen-bond donors (Lipinski definition) is 0. The predicted molar refractivity (Wildman–Crippen MR) is 62.7 cm³/mol. The molecule has 0 unspecified atom stereocenters. The monoisotopic (exact) mass is 222 g/mol. The Labute approximate surface area is 94.5 Å². The summed E-state index contributed by atoms with van der Waals surface area (Å²) in [6, 6.07) is 1.76. The Balaban J connectivity index is 2.36. The maximum absolute atomic E-state index is 11.9. The standard InChI is InChI=1S/C12H18N2O2/c1-13-11(15)8-9-14(12(13)16)10-6-4-2-3-5-7-10/h8-10H,2-7H2,1H3. The molecule has 2 rings (SSSR count). The first-order valence-electron chi connectivity index (χ1n) is 5.98. The molecule has 4 nitrogen and oxygen atoms in total. The highest BCUT2D eigenvalue weighted by Gasteiger charge is 2.15. The summed E-state index contributed by atoms with van der Waals surface area (Å²) in [6.45, 7) is 0. The molecule has 1 aromatic heterocycles. The quantitative estimate of drug-likeness (QED) is 0.675. The Morgan fingerprint density at radius 3 is 2.38 bits per heavy atom. The summed E-state index contributed by atoms with van der Waals surface area (Å²) in [5.41, 5.74) is -0.408. The SMILES string of the molecule is Cn1c(=O)ccn(C2CCCCCC2)c1=O. The van der Waals surface area contributed by atoms with Crippen LogP contribution in [0.2, 0.25) is 0 Å². The van der Waals surface area contributed by atoms with Crippen molar-refractivity contribution in [3.8, 4) is 0 Å². The van der Waals surface area contributed by atoms with Gasteiger partial charge in [-0.25, -0.2) is 4.79 Å². The largest absolute Gasteiger partial charge is 0.330 e. The average Bonchev–Trinajstić information content (AvgIpc) is 2.55. The van der Waals surface area contributed by atoms with E-state index in [1.165, 1.54) is 43.4 Å². The Morgan fingerprint density at radius 2 is 1.75 bits per heavy atom. The van der Waals surface area contributed by atoms with Gasteiger partial charge in [0.1, 0.15) is 0 Å². The van der Waals surface area contributed by atoms with E-state index in [9.17, 15) is 9.59 Å². The van der Waals surface area contributed by atoms with Gasteiger partial charge in [-0.3, -0.25) is 13.9 Å². The summed E-state index contributed by atoms with van der Waals surface area (Å²) in [5, 5.41) is 0. The van der Waals surface area contributed by atoms with Crippen molar-refractivity contribution in [1.82, 2.24) is 9.13 Å². The molecule has 0 aromatic carbocycles. The van der Waals surface area contributed by atoms with Crippen LogP contribution in [-0.2, 0) is 7.05 Å². The molecule has 0 spiro atoms. The smallest absolute Gasteiger partial charge is 0.297 e. The Hall–Kier alpha value is -1.32. The van der Waals surface area contributed by atoms with Gasteiger partial charge in [0.2, 0.25) is 0 Å². The minimum Gasteiger partial charge on any atom is -0.297 e. The lowest BCUT2D eigenvalue weighted by Gasteiger charge is -2.17. The van der Waals surface area contributed by atoms with Crippen LogP contribution in [0.4, 0.5) is 0 Å². The molecule has 1 saturated carbocycles. The van der Waals surface area contributed by atoms with Crippen molar-refractivity contribution in [1.29, 1.82) is 0 Å². The molecule has 0 atom stereocenters. The highest BCUT2D eigenvalue weighted by molar-refractivity contribution is 4.88. The Morgan fingerprint density at radius 1 is 1.12 bits per heavy atom. The van der Waals surface area contributed by atoms with Crippen LogP contribution in [0.25, 0.3) is 0 Å². The predicted octanol–water partition coefficient (Wildman–Crippen LogP) is 1.44. The van der Waals surface area contributed by atoms with Gasteiger partial charge in [0.25, 0.3) is 5.56 Å². The third-order valence-corrected chi connectivity index (χ3v) is 3.43. The van der Waals surface area contributed by atoms with Gasteiger partial charge in [-0.15, -0.1) is 0 Å². The summed E-state index contributed by atoms with van der Waals surface area (Å²) < 4.78 is 2.91. The molecule has 1 heterocycles. The zero-order valence-corrected chi connectivity index (χ0v) is 9.69. The number of aromatic nitrogens is 2. The molecule has 1 aromatic rings. The third kappa shape index (κ3) is 2.10. The number of rotatable bonds is 1. The maximum atomic E-state index is 11.9. The van der Waals surface area contributed by atoms with Crippen LogP contribution in [0, 0.1) is 0 Å². The number of hydrogen-bond acceptors (Lipinski definition) is 2. The fourth-order valence-electron chi connectivity index (χ4n) is 2.40. The van der Waals surface area contributed by atoms with Gasteiger partial charge in [-0.05, 0) is 12.8 Å². The minimum absolute atomic E-state index is 0.181. The molecule has 0 amide bonds. The van der Waals surface area contributed by atoms with Gasteiger partial charge >= 0.3 is 5.69 Å². The van der Waals surface area contributed by atoms with Crippen LogP contribution in [0.3, 0.4) is 0 Å². The molecular weight excluding hydrogens is 204 g/mol. The van der Waals surface area contributed by atoms with E-state index in [4.69, 9.17) is 0 Å². The van der Waals surface area contributed by atoms with Crippen LogP contribution in [0.1, 0.15) is 44.6 Å². The lowest BCUT2D eigenvalue weighted by molar-refractivity contribution is 0.414. The zero-order valence-electron chi connectivity index (χ0n) is 9.69. The second-order valence-electron chi connectivity index (χ2n) is 4.55. The van der Waals surface area contributed by atoms with E-state index in [1.54, 1.807) is 10.8 Å². The summed E-state index contributed by atoms with van der Waals surface area (Å²) in [4.78, 5) is 23.2. The Bertz CT molecular complexity index is 465. The maximum Gasteiger partial charge on any atom is 0.330 e. The first kappa shape index (κ1) is 11.2. The highest BCUT2D eigenvalue weighted by atomic mass is 16.2. The van der Waals surface area contributed by atoms with Crippen LogP contribution in [-0.4, -0.2) is 9.13 Å². The van der Waals surface area contributed by atoms with Crippen molar-refractivity contribution in [2.75, 3.05) is 0 Å². The normalized spacial score (nSPS) is 18.3. The molecule has 1 fully saturated rings. The molecule has 0 saturated heterocycles. The van der Waals surface area contributed by atoms with Crippen LogP contribution >= 0.6 is 0 Å². The first-order valence-corrected chi connectivity index (χ1v) is 5.98. The molecule has 4 heteroatoms. The lowest BCUT2D eigenvalue weighted by atomic mass is 10.1. The number of nitrogens with zero attached hydrogens (tertiary/aromatic N) is 2. The fourth-order valence-corrected chi connectivity index (χ4v) is 2.40. The second-order valence-corrected chi connectivity index (χ2v) is 4.55. The summed E-state index contributed by atoms with van der Waals surface area (Å²) in [6.07, 6.45) is 8.64. The van der Waals surface area contributed by atoms with Gasteiger partial charge in [-0.2, -0.15) is 0 Å². The van der Waals surface area contributed by atoms with E-state index in [-0.39, 0.29) is 17.3 Å².